The lowest BCUT2D eigenvalue weighted by Crippen LogP contribution is -2.60. The van der Waals surface area contributed by atoms with Gasteiger partial charge in [-0.15, -0.1) is 13.2 Å². The molecule has 0 aromatic carbocycles. The number of rotatable bonds is 13. The number of fused-ring (bicyclic) bond motifs is 1. The van der Waals surface area contributed by atoms with Gasteiger partial charge in [0.05, 0.1) is 30.1 Å². The molecule has 1 aliphatic carbocycles. The van der Waals surface area contributed by atoms with Crippen molar-refractivity contribution in [1.29, 1.82) is 0 Å². The first kappa shape index (κ1) is 30.8. The van der Waals surface area contributed by atoms with E-state index in [2.05, 4.69) is 27.0 Å². The smallest absolute Gasteiger partial charge is 0.248 e. The Labute approximate surface area is 240 Å². The first-order chi connectivity index (χ1) is 19.1. The van der Waals surface area contributed by atoms with E-state index in [0.29, 0.717) is 38.9 Å². The topological polar surface area (TPSA) is 90.4 Å². The Morgan fingerprint density at radius 2 is 1.80 bits per heavy atom. The third-order valence-corrected chi connectivity index (χ3v) is 9.84. The lowest BCUT2D eigenvalue weighted by Gasteiger charge is -2.42. The van der Waals surface area contributed by atoms with Gasteiger partial charge in [0.25, 0.3) is 0 Å². The summed E-state index contributed by atoms with van der Waals surface area (Å²) in [6.45, 7) is 17.0. The fourth-order valence-electron chi connectivity index (χ4n) is 8.25. The van der Waals surface area contributed by atoms with Crippen molar-refractivity contribution in [3.05, 3.63) is 25.3 Å². The lowest BCUT2D eigenvalue weighted by atomic mass is 9.66. The molecule has 4 rings (SSSR count). The molecule has 1 spiro atoms. The Kier molecular flexibility index (Phi) is 9.50. The highest BCUT2D eigenvalue weighted by Crippen LogP contribution is 2.64. The Hall–Kier alpha value is -2.19. The number of nitrogens with zero attached hydrogens (tertiary/aromatic N) is 3. The highest BCUT2D eigenvalue weighted by atomic mass is 16.5. The standard InChI is InChI=1S/C32H51N3O5/c1-7-17-33(18-8-2)28(37)25-26-29(38)35(24(21-36)20-22(4)5)27(32(26)16-15-31(25,6)40-32)30(39)34(19-9-3)23-13-11-10-12-14-23/h7,9,22-27,36H,1,3,8,10-21H2,2,4-6H3/t24-,25-,26+,27?,31+,32?/m1/s1. The van der Waals surface area contributed by atoms with Crippen molar-refractivity contribution in [3.63, 3.8) is 0 Å². The monoisotopic (exact) mass is 557 g/mol. The van der Waals surface area contributed by atoms with Gasteiger partial charge in [-0.2, -0.15) is 0 Å². The third-order valence-electron chi connectivity index (χ3n) is 9.84. The summed E-state index contributed by atoms with van der Waals surface area (Å²) in [5.41, 5.74) is -1.91. The molecule has 2 unspecified atom stereocenters. The molecule has 224 valence electrons. The second-order valence-corrected chi connectivity index (χ2v) is 13.1. The summed E-state index contributed by atoms with van der Waals surface area (Å²) < 4.78 is 6.87. The summed E-state index contributed by atoms with van der Waals surface area (Å²) in [6.07, 6.45) is 11.2. The van der Waals surface area contributed by atoms with E-state index in [1.54, 1.807) is 22.0 Å². The van der Waals surface area contributed by atoms with E-state index in [9.17, 15) is 19.5 Å². The summed E-state index contributed by atoms with van der Waals surface area (Å²) >= 11 is 0. The maximum Gasteiger partial charge on any atom is 0.248 e. The van der Waals surface area contributed by atoms with Gasteiger partial charge in [-0.1, -0.05) is 52.2 Å². The van der Waals surface area contributed by atoms with E-state index in [1.807, 2.05) is 18.7 Å². The molecule has 8 nitrogen and oxygen atoms in total. The van der Waals surface area contributed by atoms with Gasteiger partial charge < -0.3 is 24.5 Å². The van der Waals surface area contributed by atoms with E-state index in [4.69, 9.17) is 4.74 Å². The summed E-state index contributed by atoms with van der Waals surface area (Å²) in [5.74, 6) is -1.68. The van der Waals surface area contributed by atoms with Crippen LogP contribution >= 0.6 is 0 Å². The maximum absolute atomic E-state index is 14.8. The summed E-state index contributed by atoms with van der Waals surface area (Å²) in [4.78, 5) is 48.8. The largest absolute Gasteiger partial charge is 0.394 e. The minimum atomic E-state index is -1.09. The van der Waals surface area contributed by atoms with Crippen LogP contribution < -0.4 is 0 Å². The van der Waals surface area contributed by atoms with Gasteiger partial charge in [0.15, 0.2) is 0 Å². The summed E-state index contributed by atoms with van der Waals surface area (Å²) in [6, 6.07) is -1.31. The van der Waals surface area contributed by atoms with Gasteiger partial charge in [0.2, 0.25) is 17.7 Å². The summed E-state index contributed by atoms with van der Waals surface area (Å²) in [5, 5.41) is 10.6. The molecule has 4 aliphatic rings. The molecule has 3 heterocycles. The van der Waals surface area contributed by atoms with Crippen LogP contribution in [0.2, 0.25) is 0 Å². The van der Waals surface area contributed by atoms with E-state index in [0.717, 1.165) is 38.5 Å². The highest BCUT2D eigenvalue weighted by molar-refractivity contribution is 5.99. The lowest BCUT2D eigenvalue weighted by molar-refractivity contribution is -0.158. The van der Waals surface area contributed by atoms with Crippen LogP contribution in [0.5, 0.6) is 0 Å². The van der Waals surface area contributed by atoms with Crippen molar-refractivity contribution >= 4 is 17.7 Å². The van der Waals surface area contributed by atoms with Crippen molar-refractivity contribution in [3.8, 4) is 0 Å². The van der Waals surface area contributed by atoms with Crippen LogP contribution in [-0.4, -0.2) is 93.1 Å². The van der Waals surface area contributed by atoms with Gasteiger partial charge in [-0.25, -0.2) is 0 Å². The van der Waals surface area contributed by atoms with Crippen LogP contribution in [0.3, 0.4) is 0 Å². The number of ether oxygens (including phenoxy) is 1. The Balaban J connectivity index is 1.81. The van der Waals surface area contributed by atoms with Crippen molar-refractivity contribution in [1.82, 2.24) is 14.7 Å². The number of aliphatic hydroxyl groups excluding tert-OH is 1. The molecule has 3 amide bonds. The predicted octanol–water partition coefficient (Wildman–Crippen LogP) is 3.93. The number of aliphatic hydroxyl groups is 1. The van der Waals surface area contributed by atoms with Crippen molar-refractivity contribution in [2.45, 2.75) is 115 Å². The molecule has 6 atom stereocenters. The number of amides is 3. The number of carbonyl (C=O) groups excluding carboxylic acids is 3. The molecule has 2 bridgehead atoms. The van der Waals surface area contributed by atoms with E-state index >= 15 is 0 Å². The van der Waals surface area contributed by atoms with E-state index in [-0.39, 0.29) is 36.3 Å². The quantitative estimate of drug-likeness (QED) is 0.347. The van der Waals surface area contributed by atoms with Gasteiger partial charge in [-0.3, -0.25) is 14.4 Å². The molecule has 1 N–H and O–H groups in total. The zero-order valence-corrected chi connectivity index (χ0v) is 25.1. The predicted molar refractivity (Wildman–Crippen MR) is 155 cm³/mol. The number of hydrogen-bond acceptors (Lipinski definition) is 5. The number of hydrogen-bond donors (Lipinski definition) is 1. The molecule has 0 aromatic heterocycles. The van der Waals surface area contributed by atoms with Crippen LogP contribution in [-0.2, 0) is 19.1 Å². The van der Waals surface area contributed by atoms with Crippen molar-refractivity contribution in [2.75, 3.05) is 26.2 Å². The van der Waals surface area contributed by atoms with Gasteiger partial charge in [0.1, 0.15) is 11.6 Å². The fraction of sp³-hybridized carbons (Fsp3) is 0.781. The molecule has 0 aromatic rings. The minimum Gasteiger partial charge on any atom is -0.394 e. The zero-order valence-electron chi connectivity index (χ0n) is 25.1. The van der Waals surface area contributed by atoms with Gasteiger partial charge >= 0.3 is 0 Å². The number of carbonyl (C=O) groups is 3. The molecule has 0 radical (unpaired) electrons. The van der Waals surface area contributed by atoms with Gasteiger partial charge in [-0.05, 0) is 51.4 Å². The molecule has 3 saturated heterocycles. The Morgan fingerprint density at radius 3 is 2.38 bits per heavy atom. The van der Waals surface area contributed by atoms with E-state index in [1.165, 1.54) is 0 Å². The molecule has 1 saturated carbocycles. The maximum atomic E-state index is 14.8. The first-order valence-corrected chi connectivity index (χ1v) is 15.5. The fourth-order valence-corrected chi connectivity index (χ4v) is 8.25. The zero-order chi connectivity index (χ0) is 29.2. The molecular formula is C32H51N3O5. The van der Waals surface area contributed by atoms with Crippen molar-refractivity contribution in [2.24, 2.45) is 17.8 Å². The van der Waals surface area contributed by atoms with Crippen LogP contribution in [0, 0.1) is 17.8 Å². The minimum absolute atomic E-state index is 0.0867. The average Bonchev–Trinajstić information content (AvgIpc) is 3.50. The third kappa shape index (κ3) is 5.15. The summed E-state index contributed by atoms with van der Waals surface area (Å²) in [7, 11) is 0. The SMILES string of the molecule is C=CCN(CCC)C(=O)[C@H]1[C@H]2C(=O)N([C@@H](CO)CC(C)C)C(C(=O)N(CC=C)C3CCCCC3)C23CC[C@]1(C)O3. The molecular weight excluding hydrogens is 506 g/mol. The molecule has 40 heavy (non-hydrogen) atoms. The van der Waals surface area contributed by atoms with Crippen LogP contribution in [0.25, 0.3) is 0 Å². The van der Waals surface area contributed by atoms with Crippen LogP contribution in [0.4, 0.5) is 0 Å². The molecule has 3 aliphatic heterocycles. The highest BCUT2D eigenvalue weighted by Gasteiger charge is 2.79. The first-order valence-electron chi connectivity index (χ1n) is 15.5. The molecule has 8 heteroatoms. The van der Waals surface area contributed by atoms with Gasteiger partial charge in [0, 0.05) is 25.7 Å². The second-order valence-electron chi connectivity index (χ2n) is 13.1. The normalized spacial score (nSPS) is 32.3. The average molecular weight is 558 g/mol. The van der Waals surface area contributed by atoms with Crippen LogP contribution in [0.15, 0.2) is 25.3 Å². The van der Waals surface area contributed by atoms with E-state index < -0.39 is 35.1 Å². The second kappa shape index (κ2) is 12.4. The Bertz CT molecular complexity index is 978. The van der Waals surface area contributed by atoms with Crippen LogP contribution in [0.1, 0.15) is 85.5 Å². The number of likely N-dealkylation sites (tertiary alicyclic amines) is 1. The van der Waals surface area contributed by atoms with Crippen molar-refractivity contribution < 1.29 is 24.2 Å². The molecule has 4 fully saturated rings. The Morgan fingerprint density at radius 1 is 1.12 bits per heavy atom.